The molecule has 0 saturated carbocycles. The van der Waals surface area contributed by atoms with Gasteiger partial charge in [0.05, 0.1) is 27.0 Å². The number of pyridine rings is 1. The van der Waals surface area contributed by atoms with Gasteiger partial charge in [-0.15, -0.1) is 0 Å². The van der Waals surface area contributed by atoms with Crippen molar-refractivity contribution in [1.29, 1.82) is 0 Å². The smallest absolute Gasteiger partial charge is 0.291 e. The van der Waals surface area contributed by atoms with Crippen molar-refractivity contribution >= 4 is 40.1 Å². The summed E-state index contributed by atoms with van der Waals surface area (Å²) < 4.78 is 6.09. The molecule has 1 aliphatic heterocycles. The molecule has 0 saturated heterocycles. The van der Waals surface area contributed by atoms with Crippen LogP contribution in [-0.2, 0) is 6.54 Å². The molecule has 0 radical (unpaired) electrons. The largest absolute Gasteiger partial charge is 0.450 e. The molecule has 1 amide bonds. The second kappa shape index (κ2) is 7.76. The first-order chi connectivity index (χ1) is 15.3. The molecule has 3 heterocycles. The normalized spacial score (nSPS) is 15.4. The number of hydrogen-bond donors (Lipinski definition) is 0. The number of carbonyl (C=O) groups is 1. The van der Waals surface area contributed by atoms with Gasteiger partial charge in [0.1, 0.15) is 5.58 Å². The quantitative estimate of drug-likeness (QED) is 0.381. The zero-order valence-electron chi connectivity index (χ0n) is 17.4. The third-order valence-electron chi connectivity index (χ3n) is 5.73. The van der Waals surface area contributed by atoms with E-state index in [0.717, 1.165) is 16.7 Å². The van der Waals surface area contributed by atoms with E-state index in [1.807, 2.05) is 26.0 Å². The Morgan fingerprint density at radius 1 is 1.06 bits per heavy atom. The van der Waals surface area contributed by atoms with Crippen molar-refractivity contribution in [3.63, 3.8) is 0 Å². The van der Waals surface area contributed by atoms with Crippen LogP contribution in [0.5, 0.6) is 0 Å². The minimum atomic E-state index is -0.658. The van der Waals surface area contributed by atoms with Crippen molar-refractivity contribution in [2.45, 2.75) is 26.4 Å². The zero-order valence-corrected chi connectivity index (χ0v) is 18.9. The maximum atomic E-state index is 13.7. The third kappa shape index (κ3) is 3.29. The molecular formula is C25H18Cl2N2O3. The summed E-state index contributed by atoms with van der Waals surface area (Å²) in [6.45, 7) is 4.05. The highest BCUT2D eigenvalue weighted by molar-refractivity contribution is 6.42. The molecule has 1 unspecified atom stereocenters. The number of aromatic nitrogens is 1. The maximum absolute atomic E-state index is 13.7. The molecule has 32 heavy (non-hydrogen) atoms. The maximum Gasteiger partial charge on any atom is 0.291 e. The van der Waals surface area contributed by atoms with Gasteiger partial charge in [-0.25, -0.2) is 0 Å². The highest BCUT2D eigenvalue weighted by atomic mass is 35.5. The van der Waals surface area contributed by atoms with Gasteiger partial charge in [-0.1, -0.05) is 41.4 Å². The molecule has 1 atom stereocenters. The van der Waals surface area contributed by atoms with Crippen molar-refractivity contribution in [3.05, 3.63) is 109 Å². The van der Waals surface area contributed by atoms with Gasteiger partial charge in [-0.3, -0.25) is 14.6 Å². The number of rotatable bonds is 3. The van der Waals surface area contributed by atoms with E-state index >= 15 is 0 Å². The summed E-state index contributed by atoms with van der Waals surface area (Å²) in [4.78, 5) is 33.0. The predicted octanol–water partition coefficient (Wildman–Crippen LogP) is 5.86. The number of aryl methyl sites for hydroxylation is 2. The van der Waals surface area contributed by atoms with Gasteiger partial charge in [0.15, 0.2) is 5.43 Å². The minimum absolute atomic E-state index is 0.0643. The van der Waals surface area contributed by atoms with Crippen LogP contribution in [-0.4, -0.2) is 15.8 Å². The van der Waals surface area contributed by atoms with Gasteiger partial charge in [-0.05, 0) is 60.4 Å². The van der Waals surface area contributed by atoms with E-state index < -0.39 is 6.04 Å². The summed E-state index contributed by atoms with van der Waals surface area (Å²) in [6, 6.07) is 11.9. The van der Waals surface area contributed by atoms with Gasteiger partial charge in [0.25, 0.3) is 5.91 Å². The van der Waals surface area contributed by atoms with Crippen LogP contribution in [0.2, 0.25) is 10.0 Å². The van der Waals surface area contributed by atoms with Gasteiger partial charge in [0, 0.05) is 18.9 Å². The van der Waals surface area contributed by atoms with E-state index in [4.69, 9.17) is 27.6 Å². The molecule has 0 N–H and O–H groups in total. The summed E-state index contributed by atoms with van der Waals surface area (Å²) >= 11 is 12.4. The van der Waals surface area contributed by atoms with E-state index in [-0.39, 0.29) is 23.6 Å². The fourth-order valence-electron chi connectivity index (χ4n) is 4.35. The van der Waals surface area contributed by atoms with Crippen LogP contribution in [0.25, 0.3) is 11.0 Å². The molecule has 0 fully saturated rings. The summed E-state index contributed by atoms with van der Waals surface area (Å²) in [7, 11) is 0. The molecule has 0 aliphatic carbocycles. The van der Waals surface area contributed by atoms with Crippen LogP contribution in [0.4, 0.5) is 0 Å². The van der Waals surface area contributed by atoms with Crippen molar-refractivity contribution in [2.75, 3.05) is 0 Å². The van der Waals surface area contributed by atoms with Crippen LogP contribution >= 0.6 is 23.2 Å². The van der Waals surface area contributed by atoms with Crippen LogP contribution in [0.1, 0.15) is 44.4 Å². The first-order valence-corrected chi connectivity index (χ1v) is 10.8. The van der Waals surface area contributed by atoms with Crippen molar-refractivity contribution < 1.29 is 9.21 Å². The Morgan fingerprint density at radius 3 is 2.59 bits per heavy atom. The Labute approximate surface area is 194 Å². The third-order valence-corrected chi connectivity index (χ3v) is 6.47. The molecular weight excluding hydrogens is 447 g/mol. The lowest BCUT2D eigenvalue weighted by atomic mass is 9.97. The number of carbonyl (C=O) groups excluding carboxylic acids is 1. The van der Waals surface area contributed by atoms with E-state index in [1.165, 1.54) is 0 Å². The second-order valence-corrected chi connectivity index (χ2v) is 8.82. The van der Waals surface area contributed by atoms with E-state index in [0.29, 0.717) is 32.1 Å². The fraction of sp³-hybridized carbons (Fsp3) is 0.160. The average molecular weight is 465 g/mol. The Kier molecular flexibility index (Phi) is 5.03. The number of fused-ring (bicyclic) bond motifs is 2. The number of amides is 1. The predicted molar refractivity (Wildman–Crippen MR) is 124 cm³/mol. The molecule has 160 valence electrons. The molecule has 4 aromatic rings. The van der Waals surface area contributed by atoms with Crippen molar-refractivity contribution in [1.82, 2.24) is 9.88 Å². The zero-order chi connectivity index (χ0) is 22.6. The van der Waals surface area contributed by atoms with Crippen LogP contribution in [0, 0.1) is 13.8 Å². The summed E-state index contributed by atoms with van der Waals surface area (Å²) in [5, 5.41) is 1.21. The van der Waals surface area contributed by atoms with Gasteiger partial charge in [-0.2, -0.15) is 0 Å². The Morgan fingerprint density at radius 2 is 1.88 bits per heavy atom. The molecule has 7 heteroatoms. The van der Waals surface area contributed by atoms with Gasteiger partial charge < -0.3 is 9.32 Å². The molecule has 5 nitrogen and oxygen atoms in total. The van der Waals surface area contributed by atoms with Crippen LogP contribution in [0.3, 0.4) is 0 Å². The average Bonchev–Trinajstić information content (AvgIpc) is 3.04. The van der Waals surface area contributed by atoms with Crippen molar-refractivity contribution in [2.24, 2.45) is 0 Å². The number of hydrogen-bond acceptors (Lipinski definition) is 4. The molecule has 2 aromatic carbocycles. The Bertz CT molecular complexity index is 1450. The summed E-state index contributed by atoms with van der Waals surface area (Å²) in [5.41, 5.74) is 3.81. The van der Waals surface area contributed by atoms with Crippen LogP contribution < -0.4 is 5.43 Å². The topological polar surface area (TPSA) is 63.4 Å². The second-order valence-electron chi connectivity index (χ2n) is 8.00. The number of benzene rings is 2. The van der Waals surface area contributed by atoms with Gasteiger partial charge >= 0.3 is 0 Å². The van der Waals surface area contributed by atoms with Gasteiger partial charge in [0.2, 0.25) is 5.76 Å². The molecule has 5 rings (SSSR count). The first kappa shape index (κ1) is 20.7. The molecule has 0 spiro atoms. The molecule has 1 aliphatic rings. The standard InChI is InChI=1S/C25H18Cl2N2O3/c1-13-8-14(2)23-17(9-13)22(30)20-21(16-5-6-18(26)19(27)10-16)29(25(31)24(20)32-23)12-15-4-3-7-28-11-15/h3-11,21H,12H2,1-2H3. The van der Waals surface area contributed by atoms with E-state index in [9.17, 15) is 9.59 Å². The number of nitrogens with zero attached hydrogens (tertiary/aromatic N) is 2. The number of halogens is 2. The fourth-order valence-corrected chi connectivity index (χ4v) is 4.66. The SMILES string of the molecule is Cc1cc(C)c2oc3c(c(=O)c2c1)C(c1ccc(Cl)c(Cl)c1)N(Cc1cccnc1)C3=O. The van der Waals surface area contributed by atoms with E-state index in [1.54, 1.807) is 47.6 Å². The lowest BCUT2D eigenvalue weighted by Gasteiger charge is -2.25. The van der Waals surface area contributed by atoms with Crippen LogP contribution in [0.15, 0.2) is 64.1 Å². The lowest BCUT2D eigenvalue weighted by Crippen LogP contribution is -2.29. The molecule has 0 bridgehead atoms. The highest BCUT2D eigenvalue weighted by Crippen LogP contribution is 2.41. The Balaban J connectivity index is 1.78. The first-order valence-electron chi connectivity index (χ1n) is 10.1. The summed E-state index contributed by atoms with van der Waals surface area (Å²) in [5.74, 6) is -0.284. The molecule has 2 aromatic heterocycles. The minimum Gasteiger partial charge on any atom is -0.450 e. The Hall–Kier alpha value is -3.15. The van der Waals surface area contributed by atoms with E-state index in [2.05, 4.69) is 4.98 Å². The summed E-state index contributed by atoms with van der Waals surface area (Å²) in [6.07, 6.45) is 3.37. The lowest BCUT2D eigenvalue weighted by molar-refractivity contribution is 0.0714. The highest BCUT2D eigenvalue weighted by Gasteiger charge is 2.43. The monoisotopic (exact) mass is 464 g/mol. The van der Waals surface area contributed by atoms with Crippen molar-refractivity contribution in [3.8, 4) is 0 Å².